The van der Waals surface area contributed by atoms with Crippen LogP contribution in [0.5, 0.6) is 0 Å². The van der Waals surface area contributed by atoms with Gasteiger partial charge >= 0.3 is 0 Å². The van der Waals surface area contributed by atoms with Crippen molar-refractivity contribution in [2.24, 2.45) is 5.73 Å². The van der Waals surface area contributed by atoms with Crippen LogP contribution >= 0.6 is 12.4 Å². The van der Waals surface area contributed by atoms with E-state index in [1.165, 1.54) is 0 Å². The Bertz CT molecular complexity index is 735. The number of nitrogens with two attached hydrogens (primary N) is 1. The minimum atomic E-state index is -0.0459. The van der Waals surface area contributed by atoms with Gasteiger partial charge in [0.1, 0.15) is 0 Å². The van der Waals surface area contributed by atoms with Gasteiger partial charge in [-0.05, 0) is 44.4 Å². The van der Waals surface area contributed by atoms with Crippen LogP contribution in [-0.4, -0.2) is 35.0 Å². The van der Waals surface area contributed by atoms with Gasteiger partial charge in [0.15, 0.2) is 0 Å². The quantitative estimate of drug-likeness (QED) is 0.778. The molecule has 0 radical (unpaired) electrons. The van der Waals surface area contributed by atoms with Gasteiger partial charge in [-0.1, -0.05) is 12.1 Å². The fraction of sp³-hybridized carbons (Fsp3) is 0.389. The number of rotatable bonds is 4. The van der Waals surface area contributed by atoms with Crippen LogP contribution in [0, 0.1) is 6.92 Å². The minimum Gasteiger partial charge on any atom is -0.357 e. The number of halogens is 1. The van der Waals surface area contributed by atoms with Crippen LogP contribution in [0.3, 0.4) is 0 Å². The fourth-order valence-electron chi connectivity index (χ4n) is 3.04. The maximum atomic E-state index is 12.3. The smallest absolute Gasteiger partial charge is 0.251 e. The third kappa shape index (κ3) is 4.67. The van der Waals surface area contributed by atoms with E-state index >= 15 is 0 Å². The van der Waals surface area contributed by atoms with Crippen molar-refractivity contribution in [3.05, 3.63) is 41.6 Å². The molecule has 1 saturated carbocycles. The normalized spacial score (nSPS) is 19.2. The second-order valence-corrected chi connectivity index (χ2v) is 6.29. The topological polar surface area (TPSA) is 92.9 Å². The molecule has 7 heteroatoms. The number of benzene rings is 1. The predicted molar refractivity (Wildman–Crippen MR) is 102 cm³/mol. The van der Waals surface area contributed by atoms with Gasteiger partial charge in [0.25, 0.3) is 5.91 Å². The van der Waals surface area contributed by atoms with Gasteiger partial charge in [-0.3, -0.25) is 4.79 Å². The summed E-state index contributed by atoms with van der Waals surface area (Å²) in [7, 11) is 1.79. The molecule has 1 fully saturated rings. The van der Waals surface area contributed by atoms with E-state index < -0.39 is 0 Å². The highest BCUT2D eigenvalue weighted by Gasteiger charge is 2.23. The molecule has 0 unspecified atom stereocenters. The average Bonchev–Trinajstić information content (AvgIpc) is 2.99. The summed E-state index contributed by atoms with van der Waals surface area (Å²) >= 11 is 0. The highest BCUT2D eigenvalue weighted by atomic mass is 35.5. The van der Waals surface area contributed by atoms with Crippen LogP contribution in [0.2, 0.25) is 0 Å². The second-order valence-electron chi connectivity index (χ2n) is 6.29. The Morgan fingerprint density at radius 1 is 1.20 bits per heavy atom. The number of amides is 1. The summed E-state index contributed by atoms with van der Waals surface area (Å²) < 4.78 is 0. The SMILES string of the molecule is CNc1nc(C)cc(-c2ccc(C(=O)N[C@H]3CC[C@@H](N)C3)cc2)n1.Cl. The van der Waals surface area contributed by atoms with Gasteiger partial charge in [-0.15, -0.1) is 12.4 Å². The van der Waals surface area contributed by atoms with E-state index in [1.807, 2.05) is 37.3 Å². The number of nitrogens with zero attached hydrogens (tertiary/aromatic N) is 2. The summed E-state index contributed by atoms with van der Waals surface area (Å²) in [5.74, 6) is 0.542. The Morgan fingerprint density at radius 2 is 1.92 bits per heavy atom. The van der Waals surface area contributed by atoms with Crippen molar-refractivity contribution in [1.82, 2.24) is 15.3 Å². The average molecular weight is 362 g/mol. The first-order valence-corrected chi connectivity index (χ1v) is 8.25. The van der Waals surface area contributed by atoms with E-state index in [0.29, 0.717) is 11.5 Å². The Morgan fingerprint density at radius 3 is 2.52 bits per heavy atom. The van der Waals surface area contributed by atoms with Crippen molar-refractivity contribution in [3.8, 4) is 11.3 Å². The van der Waals surface area contributed by atoms with E-state index in [4.69, 9.17) is 5.73 Å². The summed E-state index contributed by atoms with van der Waals surface area (Å²) in [4.78, 5) is 21.1. The van der Waals surface area contributed by atoms with Crippen molar-refractivity contribution in [1.29, 1.82) is 0 Å². The molecule has 0 spiro atoms. The summed E-state index contributed by atoms with van der Waals surface area (Å²) in [6, 6.07) is 9.81. The fourth-order valence-corrected chi connectivity index (χ4v) is 3.04. The molecular formula is C18H24ClN5O. The second kappa shape index (κ2) is 8.27. The molecule has 4 N–H and O–H groups in total. The van der Waals surface area contributed by atoms with Crippen LogP contribution < -0.4 is 16.4 Å². The monoisotopic (exact) mass is 361 g/mol. The zero-order valence-electron chi connectivity index (χ0n) is 14.5. The van der Waals surface area contributed by atoms with Gasteiger partial charge in [-0.2, -0.15) is 0 Å². The lowest BCUT2D eigenvalue weighted by Gasteiger charge is -2.12. The van der Waals surface area contributed by atoms with Crippen LogP contribution in [0.15, 0.2) is 30.3 Å². The summed E-state index contributed by atoms with van der Waals surface area (Å²) in [5.41, 5.74) is 9.22. The molecule has 25 heavy (non-hydrogen) atoms. The lowest BCUT2D eigenvalue weighted by atomic mass is 10.1. The molecular weight excluding hydrogens is 338 g/mol. The largest absolute Gasteiger partial charge is 0.357 e. The Balaban J connectivity index is 0.00000225. The molecule has 2 aromatic rings. The number of nitrogens with one attached hydrogen (secondary N) is 2. The molecule has 1 aromatic carbocycles. The number of aryl methyl sites for hydroxylation is 1. The molecule has 0 saturated heterocycles. The molecule has 1 heterocycles. The molecule has 3 rings (SSSR count). The third-order valence-corrected chi connectivity index (χ3v) is 4.33. The van der Waals surface area contributed by atoms with Crippen molar-refractivity contribution >= 4 is 24.3 Å². The molecule has 134 valence electrons. The number of aromatic nitrogens is 2. The number of hydrogen-bond donors (Lipinski definition) is 3. The molecule has 6 nitrogen and oxygen atoms in total. The maximum absolute atomic E-state index is 12.3. The Labute approximate surface area is 154 Å². The maximum Gasteiger partial charge on any atom is 0.251 e. The Kier molecular flexibility index (Phi) is 6.33. The first-order valence-electron chi connectivity index (χ1n) is 8.25. The Hall–Kier alpha value is -2.18. The van der Waals surface area contributed by atoms with Gasteiger partial charge in [0.2, 0.25) is 5.95 Å². The minimum absolute atomic E-state index is 0. The van der Waals surface area contributed by atoms with Gasteiger partial charge in [-0.25, -0.2) is 9.97 Å². The lowest BCUT2D eigenvalue weighted by molar-refractivity contribution is 0.0937. The predicted octanol–water partition coefficient (Wildman–Crippen LogP) is 2.53. The lowest BCUT2D eigenvalue weighted by Crippen LogP contribution is -2.33. The summed E-state index contributed by atoms with van der Waals surface area (Å²) in [5, 5.41) is 6.01. The standard InChI is InChI=1S/C18H23N5O.ClH/c1-11-9-16(23-18(20-2)21-11)12-3-5-13(6-4-12)17(24)22-15-8-7-14(19)10-15;/h3-6,9,14-15H,7-8,10,19H2,1-2H3,(H,22,24)(H,20,21,23);1H/t14-,15+;/m1./s1. The van der Waals surface area contributed by atoms with Crippen molar-refractivity contribution in [3.63, 3.8) is 0 Å². The molecule has 0 bridgehead atoms. The van der Waals surface area contributed by atoms with E-state index in [0.717, 1.165) is 36.2 Å². The zero-order chi connectivity index (χ0) is 17.1. The van der Waals surface area contributed by atoms with Crippen molar-refractivity contribution in [2.75, 3.05) is 12.4 Å². The van der Waals surface area contributed by atoms with Gasteiger partial charge < -0.3 is 16.4 Å². The van der Waals surface area contributed by atoms with E-state index in [1.54, 1.807) is 7.05 Å². The van der Waals surface area contributed by atoms with E-state index in [-0.39, 0.29) is 30.4 Å². The van der Waals surface area contributed by atoms with Crippen LogP contribution in [-0.2, 0) is 0 Å². The first kappa shape index (κ1) is 19.1. The molecule has 1 aliphatic rings. The number of anilines is 1. The summed E-state index contributed by atoms with van der Waals surface area (Å²) in [6.45, 7) is 1.93. The van der Waals surface area contributed by atoms with Crippen LogP contribution in [0.1, 0.15) is 35.3 Å². The molecule has 1 aliphatic carbocycles. The van der Waals surface area contributed by atoms with E-state index in [9.17, 15) is 4.79 Å². The van der Waals surface area contributed by atoms with Crippen LogP contribution in [0.25, 0.3) is 11.3 Å². The third-order valence-electron chi connectivity index (χ3n) is 4.33. The number of carbonyl (C=O) groups excluding carboxylic acids is 1. The van der Waals surface area contributed by atoms with Gasteiger partial charge in [0.05, 0.1) is 5.69 Å². The molecule has 1 aromatic heterocycles. The van der Waals surface area contributed by atoms with Crippen molar-refractivity contribution < 1.29 is 4.79 Å². The van der Waals surface area contributed by atoms with E-state index in [2.05, 4.69) is 20.6 Å². The molecule has 1 amide bonds. The highest BCUT2D eigenvalue weighted by molar-refractivity contribution is 5.94. The number of carbonyl (C=O) groups is 1. The number of hydrogen-bond acceptors (Lipinski definition) is 5. The first-order chi connectivity index (χ1) is 11.5. The van der Waals surface area contributed by atoms with Crippen molar-refractivity contribution in [2.45, 2.75) is 38.3 Å². The summed E-state index contributed by atoms with van der Waals surface area (Å²) in [6.07, 6.45) is 2.79. The zero-order valence-corrected chi connectivity index (χ0v) is 15.3. The molecule has 0 aliphatic heterocycles. The van der Waals surface area contributed by atoms with Gasteiger partial charge in [0, 0.05) is 36.0 Å². The van der Waals surface area contributed by atoms with Crippen LogP contribution in [0.4, 0.5) is 5.95 Å². The highest BCUT2D eigenvalue weighted by Crippen LogP contribution is 2.21. The molecule has 2 atom stereocenters.